The van der Waals surface area contributed by atoms with E-state index in [1.807, 2.05) is 6.07 Å². The van der Waals surface area contributed by atoms with E-state index >= 15 is 0 Å². The molecule has 72 valence electrons. The lowest BCUT2D eigenvalue weighted by molar-refractivity contribution is 0.0526. The summed E-state index contributed by atoms with van der Waals surface area (Å²) in [6.45, 7) is 2.06. The first-order valence-electron chi connectivity index (χ1n) is 4.05. The van der Waals surface area contributed by atoms with Gasteiger partial charge in [0.2, 0.25) is 0 Å². The predicted octanol–water partition coefficient (Wildman–Crippen LogP) is 2.50. The van der Waals surface area contributed by atoms with E-state index < -0.39 is 5.97 Å². The molecular formula is C10H8BrNO2. The molecule has 0 amide bonds. The van der Waals surface area contributed by atoms with Gasteiger partial charge in [0.25, 0.3) is 0 Å². The summed E-state index contributed by atoms with van der Waals surface area (Å²) in [5.74, 6) is -0.412. The number of esters is 1. The highest BCUT2D eigenvalue weighted by molar-refractivity contribution is 9.10. The molecule has 3 nitrogen and oxygen atoms in total. The lowest BCUT2D eigenvalue weighted by Crippen LogP contribution is -2.04. The number of halogens is 1. The average molecular weight is 254 g/mol. The maximum Gasteiger partial charge on any atom is 0.338 e. The van der Waals surface area contributed by atoms with Crippen LogP contribution in [0, 0.1) is 11.3 Å². The van der Waals surface area contributed by atoms with Crippen LogP contribution in [0.25, 0.3) is 0 Å². The number of nitriles is 1. The molecule has 0 unspecified atom stereocenters. The number of carbonyl (C=O) groups excluding carboxylic acids is 1. The zero-order valence-corrected chi connectivity index (χ0v) is 9.17. The van der Waals surface area contributed by atoms with Crippen molar-refractivity contribution >= 4 is 21.9 Å². The molecule has 0 aliphatic carbocycles. The molecule has 0 radical (unpaired) electrons. The van der Waals surface area contributed by atoms with Crippen LogP contribution in [0.15, 0.2) is 22.7 Å². The second kappa shape index (κ2) is 4.77. The molecule has 4 heteroatoms. The highest BCUT2D eigenvalue weighted by atomic mass is 79.9. The van der Waals surface area contributed by atoms with Crippen molar-refractivity contribution < 1.29 is 9.53 Å². The van der Waals surface area contributed by atoms with Gasteiger partial charge in [0.15, 0.2) is 0 Å². The molecular weight excluding hydrogens is 246 g/mol. The normalized spacial score (nSPS) is 9.21. The van der Waals surface area contributed by atoms with E-state index in [9.17, 15) is 4.79 Å². The van der Waals surface area contributed by atoms with E-state index in [1.165, 1.54) is 6.07 Å². The first-order chi connectivity index (χ1) is 6.67. The van der Waals surface area contributed by atoms with Crippen molar-refractivity contribution in [1.82, 2.24) is 0 Å². The Morgan fingerprint density at radius 3 is 2.86 bits per heavy atom. The van der Waals surface area contributed by atoms with Gasteiger partial charge in [0.1, 0.15) is 0 Å². The van der Waals surface area contributed by atoms with Crippen LogP contribution < -0.4 is 0 Å². The van der Waals surface area contributed by atoms with Gasteiger partial charge in [-0.2, -0.15) is 5.26 Å². The van der Waals surface area contributed by atoms with Crippen LogP contribution in [0.4, 0.5) is 0 Å². The topological polar surface area (TPSA) is 50.1 Å². The first kappa shape index (κ1) is 10.7. The molecule has 0 spiro atoms. The van der Waals surface area contributed by atoms with Crippen molar-refractivity contribution in [3.63, 3.8) is 0 Å². The maximum atomic E-state index is 11.3. The lowest BCUT2D eigenvalue weighted by Gasteiger charge is -2.02. The molecule has 1 aromatic carbocycles. The summed E-state index contributed by atoms with van der Waals surface area (Å²) in [6, 6.07) is 6.74. The van der Waals surface area contributed by atoms with E-state index in [4.69, 9.17) is 10.00 Å². The second-order valence-electron chi connectivity index (χ2n) is 2.56. The fourth-order valence-electron chi connectivity index (χ4n) is 0.986. The lowest BCUT2D eigenvalue weighted by atomic mass is 10.1. The molecule has 1 rings (SSSR count). The second-order valence-corrected chi connectivity index (χ2v) is 3.48. The summed E-state index contributed by atoms with van der Waals surface area (Å²) < 4.78 is 5.51. The van der Waals surface area contributed by atoms with E-state index in [0.29, 0.717) is 22.2 Å². The molecule has 0 aliphatic heterocycles. The van der Waals surface area contributed by atoms with Gasteiger partial charge in [0.05, 0.1) is 23.8 Å². The van der Waals surface area contributed by atoms with Gasteiger partial charge < -0.3 is 4.74 Å². The minimum Gasteiger partial charge on any atom is -0.462 e. The van der Waals surface area contributed by atoms with Crippen LogP contribution in [-0.2, 0) is 4.74 Å². The number of hydrogen-bond donors (Lipinski definition) is 0. The predicted molar refractivity (Wildman–Crippen MR) is 54.8 cm³/mol. The zero-order chi connectivity index (χ0) is 10.6. The number of nitrogens with zero attached hydrogens (tertiary/aromatic N) is 1. The Morgan fingerprint density at radius 2 is 2.29 bits per heavy atom. The van der Waals surface area contributed by atoms with E-state index in [0.717, 1.165) is 0 Å². The first-order valence-corrected chi connectivity index (χ1v) is 4.84. The van der Waals surface area contributed by atoms with Crippen molar-refractivity contribution in [1.29, 1.82) is 5.26 Å². The zero-order valence-electron chi connectivity index (χ0n) is 7.58. The molecule has 0 saturated heterocycles. The van der Waals surface area contributed by atoms with Crippen molar-refractivity contribution in [2.24, 2.45) is 0 Å². The van der Waals surface area contributed by atoms with E-state index in [-0.39, 0.29) is 0 Å². The van der Waals surface area contributed by atoms with Crippen LogP contribution in [0.2, 0.25) is 0 Å². The highest BCUT2D eigenvalue weighted by Gasteiger charge is 2.08. The third-order valence-electron chi connectivity index (χ3n) is 1.54. The monoisotopic (exact) mass is 253 g/mol. The summed E-state index contributed by atoms with van der Waals surface area (Å²) in [7, 11) is 0. The Labute approximate surface area is 90.4 Å². The number of hydrogen-bond acceptors (Lipinski definition) is 3. The van der Waals surface area contributed by atoms with Crippen LogP contribution in [0.5, 0.6) is 0 Å². The molecule has 0 saturated carbocycles. The Morgan fingerprint density at radius 1 is 1.57 bits per heavy atom. The van der Waals surface area contributed by atoms with Gasteiger partial charge in [-0.05, 0) is 25.1 Å². The van der Waals surface area contributed by atoms with Crippen molar-refractivity contribution in [2.45, 2.75) is 6.92 Å². The van der Waals surface area contributed by atoms with Gasteiger partial charge in [-0.25, -0.2) is 4.79 Å². The van der Waals surface area contributed by atoms with Crippen LogP contribution in [-0.4, -0.2) is 12.6 Å². The van der Waals surface area contributed by atoms with Gasteiger partial charge in [0, 0.05) is 4.47 Å². The van der Waals surface area contributed by atoms with E-state index in [2.05, 4.69) is 15.9 Å². The number of benzene rings is 1. The fraction of sp³-hybridized carbons (Fsp3) is 0.200. The minimum atomic E-state index is -0.412. The summed E-state index contributed by atoms with van der Waals surface area (Å²) >= 11 is 3.21. The Kier molecular flexibility index (Phi) is 3.66. The van der Waals surface area contributed by atoms with Crippen molar-refractivity contribution in [3.8, 4) is 6.07 Å². The molecule has 0 fully saturated rings. The van der Waals surface area contributed by atoms with Crippen LogP contribution in [0.1, 0.15) is 22.8 Å². The summed E-state index contributed by atoms with van der Waals surface area (Å²) in [4.78, 5) is 11.3. The van der Waals surface area contributed by atoms with Crippen LogP contribution >= 0.6 is 15.9 Å². The molecule has 0 aromatic heterocycles. The summed E-state index contributed by atoms with van der Waals surface area (Å²) in [5, 5.41) is 8.68. The standard InChI is InChI=1S/C10H8BrNO2/c1-2-14-10(13)8-3-7(6-12)4-9(11)5-8/h3-5H,2H2,1H3. The largest absolute Gasteiger partial charge is 0.462 e. The van der Waals surface area contributed by atoms with Gasteiger partial charge in [-0.3, -0.25) is 0 Å². The molecule has 0 atom stereocenters. The Hall–Kier alpha value is -1.34. The number of rotatable bonds is 2. The van der Waals surface area contributed by atoms with Gasteiger partial charge in [-0.15, -0.1) is 0 Å². The maximum absolute atomic E-state index is 11.3. The molecule has 0 bridgehead atoms. The average Bonchev–Trinajstić information content (AvgIpc) is 2.17. The smallest absolute Gasteiger partial charge is 0.338 e. The fourth-order valence-corrected chi connectivity index (χ4v) is 1.48. The number of carbonyl (C=O) groups is 1. The van der Waals surface area contributed by atoms with Crippen molar-refractivity contribution in [3.05, 3.63) is 33.8 Å². The van der Waals surface area contributed by atoms with Crippen LogP contribution in [0.3, 0.4) is 0 Å². The Balaban J connectivity index is 3.04. The Bertz CT molecular complexity index is 396. The summed E-state index contributed by atoms with van der Waals surface area (Å²) in [6.07, 6.45) is 0. The molecule has 0 N–H and O–H groups in total. The third kappa shape index (κ3) is 2.57. The summed E-state index contributed by atoms with van der Waals surface area (Å²) in [5.41, 5.74) is 0.820. The minimum absolute atomic E-state index is 0.327. The third-order valence-corrected chi connectivity index (χ3v) is 2.00. The molecule has 14 heavy (non-hydrogen) atoms. The molecule has 1 aromatic rings. The quantitative estimate of drug-likeness (QED) is 0.762. The highest BCUT2D eigenvalue weighted by Crippen LogP contribution is 2.16. The number of ether oxygens (including phenoxy) is 1. The molecule has 0 aliphatic rings. The van der Waals surface area contributed by atoms with E-state index in [1.54, 1.807) is 19.1 Å². The van der Waals surface area contributed by atoms with Gasteiger partial charge in [-0.1, -0.05) is 15.9 Å². The van der Waals surface area contributed by atoms with Gasteiger partial charge >= 0.3 is 5.97 Å². The SMILES string of the molecule is CCOC(=O)c1cc(Br)cc(C#N)c1. The molecule has 0 heterocycles. The van der Waals surface area contributed by atoms with Crippen molar-refractivity contribution in [2.75, 3.05) is 6.61 Å².